The third-order valence-electron chi connectivity index (χ3n) is 1.52. The predicted molar refractivity (Wildman–Crippen MR) is 49.0 cm³/mol. The van der Waals surface area contributed by atoms with E-state index in [0.29, 0.717) is 12.5 Å². The van der Waals surface area contributed by atoms with Gasteiger partial charge in [0.05, 0.1) is 18.3 Å². The minimum Gasteiger partial charge on any atom is -0.442 e. The SMILES string of the molecule is CC(C)OCc1cnc(C(C)N)o1. The van der Waals surface area contributed by atoms with Crippen LogP contribution in [0.25, 0.3) is 0 Å². The van der Waals surface area contributed by atoms with E-state index in [1.165, 1.54) is 0 Å². The van der Waals surface area contributed by atoms with Crippen LogP contribution in [-0.4, -0.2) is 11.1 Å². The largest absolute Gasteiger partial charge is 0.442 e. The van der Waals surface area contributed by atoms with Gasteiger partial charge in [-0.2, -0.15) is 0 Å². The smallest absolute Gasteiger partial charge is 0.211 e. The molecule has 13 heavy (non-hydrogen) atoms. The maximum atomic E-state index is 5.59. The molecule has 0 saturated carbocycles. The molecule has 0 aliphatic rings. The first-order valence-corrected chi connectivity index (χ1v) is 4.41. The highest BCUT2D eigenvalue weighted by Gasteiger charge is 2.08. The van der Waals surface area contributed by atoms with Crippen LogP contribution in [-0.2, 0) is 11.3 Å². The molecule has 0 spiro atoms. The number of hydrogen-bond donors (Lipinski definition) is 1. The Hall–Kier alpha value is -0.870. The fourth-order valence-corrected chi connectivity index (χ4v) is 0.849. The summed E-state index contributed by atoms with van der Waals surface area (Å²) in [5.74, 6) is 1.28. The van der Waals surface area contributed by atoms with E-state index in [9.17, 15) is 0 Å². The van der Waals surface area contributed by atoms with Gasteiger partial charge in [0.1, 0.15) is 12.4 Å². The molecule has 0 fully saturated rings. The predicted octanol–water partition coefficient (Wildman–Crippen LogP) is 1.62. The Kier molecular flexibility index (Phi) is 3.45. The molecule has 1 aromatic rings. The van der Waals surface area contributed by atoms with Crippen LogP contribution in [0, 0.1) is 0 Å². The van der Waals surface area contributed by atoms with Gasteiger partial charge in [-0.3, -0.25) is 0 Å². The van der Waals surface area contributed by atoms with E-state index in [1.54, 1.807) is 6.20 Å². The normalized spacial score (nSPS) is 13.6. The Morgan fingerprint density at radius 1 is 1.54 bits per heavy atom. The lowest BCUT2D eigenvalue weighted by Crippen LogP contribution is -2.04. The highest BCUT2D eigenvalue weighted by molar-refractivity contribution is 4.95. The van der Waals surface area contributed by atoms with Crippen molar-refractivity contribution >= 4 is 0 Å². The van der Waals surface area contributed by atoms with E-state index in [-0.39, 0.29) is 12.1 Å². The molecule has 4 nitrogen and oxygen atoms in total. The highest BCUT2D eigenvalue weighted by atomic mass is 16.5. The average Bonchev–Trinajstić information content (AvgIpc) is 2.48. The number of aromatic nitrogens is 1. The summed E-state index contributed by atoms with van der Waals surface area (Å²) in [6, 6.07) is -0.159. The van der Waals surface area contributed by atoms with Crippen LogP contribution in [0.2, 0.25) is 0 Å². The van der Waals surface area contributed by atoms with Gasteiger partial charge in [-0.15, -0.1) is 0 Å². The second kappa shape index (κ2) is 4.39. The molecule has 1 atom stereocenters. The van der Waals surface area contributed by atoms with Gasteiger partial charge < -0.3 is 14.9 Å². The van der Waals surface area contributed by atoms with Crippen LogP contribution in [0.4, 0.5) is 0 Å². The summed E-state index contributed by atoms with van der Waals surface area (Å²) in [4.78, 5) is 4.02. The minimum absolute atomic E-state index is 0.159. The molecule has 0 aliphatic carbocycles. The molecule has 0 radical (unpaired) electrons. The third-order valence-corrected chi connectivity index (χ3v) is 1.52. The zero-order chi connectivity index (χ0) is 9.84. The lowest BCUT2D eigenvalue weighted by molar-refractivity contribution is 0.0537. The topological polar surface area (TPSA) is 61.3 Å². The van der Waals surface area contributed by atoms with Gasteiger partial charge in [0.15, 0.2) is 0 Å². The fraction of sp³-hybridized carbons (Fsp3) is 0.667. The summed E-state index contributed by atoms with van der Waals surface area (Å²) in [7, 11) is 0. The van der Waals surface area contributed by atoms with Crippen LogP contribution >= 0.6 is 0 Å². The van der Waals surface area contributed by atoms with Gasteiger partial charge >= 0.3 is 0 Å². The Morgan fingerprint density at radius 2 is 2.23 bits per heavy atom. The summed E-state index contributed by atoms with van der Waals surface area (Å²) in [6.07, 6.45) is 1.85. The second-order valence-corrected chi connectivity index (χ2v) is 3.31. The number of hydrogen-bond acceptors (Lipinski definition) is 4. The number of ether oxygens (including phenoxy) is 1. The van der Waals surface area contributed by atoms with Crippen molar-refractivity contribution in [1.29, 1.82) is 0 Å². The summed E-state index contributed by atoms with van der Waals surface area (Å²) < 4.78 is 10.7. The number of oxazole rings is 1. The van der Waals surface area contributed by atoms with Crippen molar-refractivity contribution in [3.63, 3.8) is 0 Å². The number of rotatable bonds is 4. The molecular weight excluding hydrogens is 168 g/mol. The summed E-state index contributed by atoms with van der Waals surface area (Å²) in [5.41, 5.74) is 5.59. The molecule has 0 bridgehead atoms. The Morgan fingerprint density at radius 3 is 2.69 bits per heavy atom. The first kappa shape index (κ1) is 10.2. The molecular formula is C9H16N2O2. The quantitative estimate of drug-likeness (QED) is 0.772. The van der Waals surface area contributed by atoms with Crippen LogP contribution in [0.1, 0.15) is 38.5 Å². The minimum atomic E-state index is -0.159. The molecule has 2 N–H and O–H groups in total. The Balaban J connectivity index is 2.49. The maximum Gasteiger partial charge on any atom is 0.211 e. The second-order valence-electron chi connectivity index (χ2n) is 3.31. The van der Waals surface area contributed by atoms with Crippen molar-refractivity contribution in [2.24, 2.45) is 5.73 Å². The molecule has 74 valence electrons. The van der Waals surface area contributed by atoms with Crippen molar-refractivity contribution in [3.8, 4) is 0 Å². The molecule has 4 heteroatoms. The van der Waals surface area contributed by atoms with E-state index in [2.05, 4.69) is 4.98 Å². The summed E-state index contributed by atoms with van der Waals surface area (Å²) in [6.45, 7) is 6.24. The first-order chi connectivity index (χ1) is 6.09. The van der Waals surface area contributed by atoms with Gasteiger partial charge in [-0.25, -0.2) is 4.98 Å². The van der Waals surface area contributed by atoms with Crippen molar-refractivity contribution in [2.75, 3.05) is 0 Å². The summed E-state index contributed by atoms with van der Waals surface area (Å²) >= 11 is 0. The Bertz CT molecular complexity index is 256. The van der Waals surface area contributed by atoms with Gasteiger partial charge in [0.25, 0.3) is 0 Å². The van der Waals surface area contributed by atoms with Gasteiger partial charge in [0, 0.05) is 0 Å². The number of nitrogens with zero attached hydrogens (tertiary/aromatic N) is 1. The third kappa shape index (κ3) is 3.16. The van der Waals surface area contributed by atoms with Crippen molar-refractivity contribution < 1.29 is 9.15 Å². The van der Waals surface area contributed by atoms with E-state index < -0.39 is 0 Å². The molecule has 0 amide bonds. The molecule has 1 rings (SSSR count). The summed E-state index contributed by atoms with van der Waals surface area (Å²) in [5, 5.41) is 0. The standard InChI is InChI=1S/C9H16N2O2/c1-6(2)12-5-8-4-11-9(13-8)7(3)10/h4,6-7H,5,10H2,1-3H3. The molecule has 0 aliphatic heterocycles. The van der Waals surface area contributed by atoms with Crippen molar-refractivity contribution in [1.82, 2.24) is 4.98 Å². The monoisotopic (exact) mass is 184 g/mol. The Labute approximate surface area is 78.1 Å². The fourth-order valence-electron chi connectivity index (χ4n) is 0.849. The zero-order valence-corrected chi connectivity index (χ0v) is 8.28. The molecule has 1 heterocycles. The molecule has 0 aromatic carbocycles. The highest BCUT2D eigenvalue weighted by Crippen LogP contribution is 2.11. The van der Waals surface area contributed by atoms with Gasteiger partial charge in [-0.05, 0) is 20.8 Å². The molecule has 1 aromatic heterocycles. The van der Waals surface area contributed by atoms with Crippen LogP contribution in [0.15, 0.2) is 10.6 Å². The van der Waals surface area contributed by atoms with E-state index in [0.717, 1.165) is 5.76 Å². The van der Waals surface area contributed by atoms with E-state index in [1.807, 2.05) is 20.8 Å². The number of nitrogens with two attached hydrogens (primary N) is 1. The van der Waals surface area contributed by atoms with Crippen molar-refractivity contribution in [2.45, 2.75) is 39.5 Å². The maximum absolute atomic E-state index is 5.59. The van der Waals surface area contributed by atoms with Crippen molar-refractivity contribution in [3.05, 3.63) is 17.8 Å². The average molecular weight is 184 g/mol. The first-order valence-electron chi connectivity index (χ1n) is 4.41. The molecule has 1 unspecified atom stereocenters. The van der Waals surface area contributed by atoms with Crippen LogP contribution < -0.4 is 5.73 Å². The van der Waals surface area contributed by atoms with E-state index >= 15 is 0 Å². The molecule has 0 saturated heterocycles. The lowest BCUT2D eigenvalue weighted by atomic mass is 10.4. The lowest BCUT2D eigenvalue weighted by Gasteiger charge is -2.04. The zero-order valence-electron chi connectivity index (χ0n) is 8.28. The van der Waals surface area contributed by atoms with Gasteiger partial charge in [0.2, 0.25) is 5.89 Å². The van der Waals surface area contributed by atoms with Gasteiger partial charge in [-0.1, -0.05) is 0 Å². The van der Waals surface area contributed by atoms with Crippen LogP contribution in [0.5, 0.6) is 0 Å². The van der Waals surface area contributed by atoms with E-state index in [4.69, 9.17) is 14.9 Å². The van der Waals surface area contributed by atoms with Crippen LogP contribution in [0.3, 0.4) is 0 Å².